The molecular formula is C19H17NO7. The first-order valence-electron chi connectivity index (χ1n) is 7.92. The summed E-state index contributed by atoms with van der Waals surface area (Å²) in [5.74, 6) is -5.11. The summed E-state index contributed by atoms with van der Waals surface area (Å²) >= 11 is 0. The Morgan fingerprint density at radius 1 is 0.926 bits per heavy atom. The Bertz CT molecular complexity index is 874. The van der Waals surface area contributed by atoms with E-state index in [1.165, 1.54) is 36.4 Å². The molecule has 2 aromatic carbocycles. The Labute approximate surface area is 154 Å². The third-order valence-electron chi connectivity index (χ3n) is 3.72. The molecule has 0 heterocycles. The van der Waals surface area contributed by atoms with Crippen molar-refractivity contribution in [2.45, 2.75) is 12.8 Å². The highest BCUT2D eigenvalue weighted by Gasteiger charge is 2.25. The van der Waals surface area contributed by atoms with Gasteiger partial charge in [0.15, 0.2) is 5.78 Å². The zero-order valence-electron chi connectivity index (χ0n) is 14.1. The molecule has 0 unspecified atom stereocenters. The van der Waals surface area contributed by atoms with E-state index in [-0.39, 0.29) is 16.9 Å². The van der Waals surface area contributed by atoms with Gasteiger partial charge in [-0.1, -0.05) is 12.1 Å². The zero-order valence-corrected chi connectivity index (χ0v) is 14.1. The highest BCUT2D eigenvalue weighted by atomic mass is 16.5. The zero-order chi connectivity index (χ0) is 20.0. The quantitative estimate of drug-likeness (QED) is 0.277. The van der Waals surface area contributed by atoms with Crippen LogP contribution >= 0.6 is 0 Å². The van der Waals surface area contributed by atoms with Gasteiger partial charge < -0.3 is 20.7 Å². The molecule has 0 aliphatic carbocycles. The second kappa shape index (κ2) is 8.61. The van der Waals surface area contributed by atoms with Crippen LogP contribution in [-0.4, -0.2) is 33.9 Å². The molecule has 0 saturated heterocycles. The number of carbonyl (C=O) groups excluding carboxylic acids is 2. The van der Waals surface area contributed by atoms with Gasteiger partial charge in [-0.25, -0.2) is 4.79 Å². The second-order valence-electron chi connectivity index (χ2n) is 5.80. The van der Waals surface area contributed by atoms with Crippen LogP contribution in [0.5, 0.6) is 5.75 Å². The van der Waals surface area contributed by atoms with Crippen molar-refractivity contribution in [2.75, 3.05) is 5.73 Å². The van der Waals surface area contributed by atoms with Gasteiger partial charge in [-0.2, -0.15) is 0 Å². The van der Waals surface area contributed by atoms with Gasteiger partial charge in [0.2, 0.25) is 0 Å². The lowest BCUT2D eigenvalue weighted by atomic mass is 9.95. The van der Waals surface area contributed by atoms with Crippen LogP contribution in [0.15, 0.2) is 48.5 Å². The van der Waals surface area contributed by atoms with Crippen LogP contribution in [-0.2, 0) is 9.59 Å². The molecule has 0 radical (unpaired) electrons. The highest BCUT2D eigenvalue weighted by Crippen LogP contribution is 2.20. The number of benzene rings is 2. The Hall–Kier alpha value is -3.68. The summed E-state index contributed by atoms with van der Waals surface area (Å²) < 4.78 is 5.21. The minimum absolute atomic E-state index is 0.104. The number of aliphatic carboxylic acids is 2. The van der Waals surface area contributed by atoms with E-state index in [1.54, 1.807) is 12.1 Å². The second-order valence-corrected chi connectivity index (χ2v) is 5.80. The first kappa shape index (κ1) is 19.6. The van der Waals surface area contributed by atoms with Gasteiger partial charge in [0, 0.05) is 17.7 Å². The number of carboxylic acids is 2. The van der Waals surface area contributed by atoms with Crippen molar-refractivity contribution in [2.24, 2.45) is 5.92 Å². The average Bonchev–Trinajstić information content (AvgIpc) is 2.61. The van der Waals surface area contributed by atoms with E-state index in [0.29, 0.717) is 5.69 Å². The first-order chi connectivity index (χ1) is 12.8. The number of esters is 1. The molecule has 8 heteroatoms. The predicted octanol–water partition coefficient (Wildman–Crippen LogP) is 2.24. The molecule has 4 N–H and O–H groups in total. The maximum absolute atomic E-state index is 12.3. The molecule has 140 valence electrons. The van der Waals surface area contributed by atoms with E-state index >= 15 is 0 Å². The molecular weight excluding hydrogens is 354 g/mol. The third kappa shape index (κ3) is 5.67. The van der Waals surface area contributed by atoms with Crippen molar-refractivity contribution in [3.8, 4) is 5.75 Å². The van der Waals surface area contributed by atoms with E-state index in [2.05, 4.69) is 0 Å². The number of ketones is 1. The molecule has 0 bridgehead atoms. The Kier molecular flexibility index (Phi) is 6.27. The molecule has 2 aromatic rings. The van der Waals surface area contributed by atoms with Gasteiger partial charge in [-0.3, -0.25) is 14.4 Å². The lowest BCUT2D eigenvalue weighted by molar-refractivity contribution is -0.148. The summed E-state index contributed by atoms with van der Waals surface area (Å²) in [6.45, 7) is 0. The number of hydrogen-bond acceptors (Lipinski definition) is 6. The van der Waals surface area contributed by atoms with Gasteiger partial charge in [0.05, 0.1) is 17.9 Å². The monoisotopic (exact) mass is 371 g/mol. The van der Waals surface area contributed by atoms with E-state index in [1.807, 2.05) is 0 Å². The molecule has 27 heavy (non-hydrogen) atoms. The Morgan fingerprint density at radius 3 is 2.19 bits per heavy atom. The summed E-state index contributed by atoms with van der Waals surface area (Å²) in [4.78, 5) is 46.2. The average molecular weight is 371 g/mol. The van der Waals surface area contributed by atoms with Crippen molar-refractivity contribution in [3.63, 3.8) is 0 Å². The minimum Gasteiger partial charge on any atom is -0.481 e. The van der Waals surface area contributed by atoms with Gasteiger partial charge in [-0.05, 0) is 36.4 Å². The fourth-order valence-corrected chi connectivity index (χ4v) is 2.32. The summed E-state index contributed by atoms with van der Waals surface area (Å²) in [6, 6.07) is 11.8. The van der Waals surface area contributed by atoms with Crippen LogP contribution in [0.2, 0.25) is 0 Å². The number of carbonyl (C=O) groups is 4. The number of ether oxygens (including phenoxy) is 1. The lowest BCUT2D eigenvalue weighted by Crippen LogP contribution is -2.21. The maximum Gasteiger partial charge on any atom is 0.343 e. The van der Waals surface area contributed by atoms with E-state index in [4.69, 9.17) is 20.7 Å². The molecule has 0 fully saturated rings. The first-order valence-corrected chi connectivity index (χ1v) is 7.92. The normalized spacial score (nSPS) is 11.4. The molecule has 0 amide bonds. The number of nitrogen functional groups attached to an aromatic ring is 1. The molecule has 0 aromatic heterocycles. The van der Waals surface area contributed by atoms with Gasteiger partial charge in [0.1, 0.15) is 5.75 Å². The van der Waals surface area contributed by atoms with Gasteiger partial charge >= 0.3 is 17.9 Å². The maximum atomic E-state index is 12.3. The van der Waals surface area contributed by atoms with Crippen molar-refractivity contribution >= 4 is 29.4 Å². The number of Topliss-reactive ketones (excluding diaryl/α,β-unsaturated/α-hetero) is 1. The van der Waals surface area contributed by atoms with Crippen molar-refractivity contribution < 1.29 is 34.1 Å². The summed E-state index contributed by atoms with van der Waals surface area (Å²) in [5, 5.41) is 17.8. The number of rotatable bonds is 8. The number of nitrogens with two attached hydrogens (primary N) is 1. The van der Waals surface area contributed by atoms with Crippen LogP contribution in [0.3, 0.4) is 0 Å². The summed E-state index contributed by atoms with van der Waals surface area (Å²) in [5.41, 5.74) is 6.44. The van der Waals surface area contributed by atoms with Crippen molar-refractivity contribution in [3.05, 3.63) is 59.7 Å². The minimum atomic E-state index is -1.36. The lowest BCUT2D eigenvalue weighted by Gasteiger charge is -2.10. The predicted molar refractivity (Wildman–Crippen MR) is 94.6 cm³/mol. The number of carboxylic acid groups (broad SMARTS) is 2. The summed E-state index contributed by atoms with van der Waals surface area (Å²) in [7, 11) is 0. The molecule has 0 aliphatic rings. The van der Waals surface area contributed by atoms with Crippen molar-refractivity contribution in [1.29, 1.82) is 0 Å². The van der Waals surface area contributed by atoms with Crippen molar-refractivity contribution in [1.82, 2.24) is 0 Å². The smallest absolute Gasteiger partial charge is 0.343 e. The molecule has 0 saturated carbocycles. The fourth-order valence-electron chi connectivity index (χ4n) is 2.32. The molecule has 1 atom stereocenters. The van der Waals surface area contributed by atoms with Gasteiger partial charge in [0.25, 0.3) is 0 Å². The van der Waals surface area contributed by atoms with Crippen LogP contribution in [0.4, 0.5) is 5.69 Å². The SMILES string of the molecule is Nc1ccc(C(=O)Oc2cccc(C(=O)C[C@@H](CC(=O)O)C(=O)O)c2)cc1. The molecule has 8 nitrogen and oxygen atoms in total. The van der Waals surface area contributed by atoms with E-state index in [9.17, 15) is 19.2 Å². The fraction of sp³-hybridized carbons (Fsp3) is 0.158. The number of anilines is 1. The Morgan fingerprint density at radius 2 is 1.59 bits per heavy atom. The third-order valence-corrected chi connectivity index (χ3v) is 3.72. The highest BCUT2D eigenvalue weighted by molar-refractivity contribution is 5.99. The van der Waals surface area contributed by atoms with Crippen LogP contribution in [0, 0.1) is 5.92 Å². The van der Waals surface area contributed by atoms with Gasteiger partial charge in [-0.15, -0.1) is 0 Å². The molecule has 2 rings (SSSR count). The largest absolute Gasteiger partial charge is 0.481 e. The van der Waals surface area contributed by atoms with Crippen LogP contribution < -0.4 is 10.5 Å². The standard InChI is InChI=1S/C19H17NO7/c20-14-6-4-11(5-7-14)19(26)27-15-3-1-2-12(8-15)16(21)9-13(18(24)25)10-17(22)23/h1-8,13H,9-10,20H2,(H,22,23)(H,24,25)/t13-/m0/s1. The Balaban J connectivity index is 2.10. The van der Waals surface area contributed by atoms with E-state index < -0.39 is 42.5 Å². The molecule has 0 spiro atoms. The topological polar surface area (TPSA) is 144 Å². The summed E-state index contributed by atoms with van der Waals surface area (Å²) in [6.07, 6.45) is -1.14. The number of hydrogen-bond donors (Lipinski definition) is 3. The van der Waals surface area contributed by atoms with Crippen LogP contribution in [0.1, 0.15) is 33.6 Å². The molecule has 0 aliphatic heterocycles. The van der Waals surface area contributed by atoms with E-state index in [0.717, 1.165) is 0 Å². The van der Waals surface area contributed by atoms with Crippen LogP contribution in [0.25, 0.3) is 0 Å².